The smallest absolute Gasteiger partial charge is 0.128 e. The van der Waals surface area contributed by atoms with Crippen LogP contribution in [-0.2, 0) is 0 Å². The summed E-state index contributed by atoms with van der Waals surface area (Å²) in [6.07, 6.45) is 0. The molecule has 4 heteroatoms. The van der Waals surface area contributed by atoms with Crippen molar-refractivity contribution in [2.45, 2.75) is 19.9 Å². The van der Waals surface area contributed by atoms with Gasteiger partial charge in [-0.15, -0.1) is 0 Å². The van der Waals surface area contributed by atoms with Gasteiger partial charge in [0.05, 0.1) is 6.04 Å². The molecular weight excluding hydrogens is 312 g/mol. The molecule has 0 spiro atoms. The molecular formula is C15H14BrF2N. The lowest BCUT2D eigenvalue weighted by atomic mass is 10.1. The van der Waals surface area contributed by atoms with Gasteiger partial charge >= 0.3 is 0 Å². The zero-order valence-corrected chi connectivity index (χ0v) is 12.3. The average Bonchev–Trinajstić information content (AvgIpc) is 2.38. The molecule has 0 fully saturated rings. The van der Waals surface area contributed by atoms with E-state index in [-0.39, 0.29) is 6.04 Å². The van der Waals surface area contributed by atoms with E-state index in [9.17, 15) is 8.78 Å². The summed E-state index contributed by atoms with van der Waals surface area (Å²) in [5.41, 5.74) is 2.25. The van der Waals surface area contributed by atoms with Crippen LogP contribution in [0.25, 0.3) is 0 Å². The van der Waals surface area contributed by atoms with Crippen molar-refractivity contribution in [2.24, 2.45) is 0 Å². The molecule has 1 nitrogen and oxygen atoms in total. The second-order valence-corrected chi connectivity index (χ2v) is 5.30. The summed E-state index contributed by atoms with van der Waals surface area (Å²) >= 11 is 3.44. The molecule has 19 heavy (non-hydrogen) atoms. The van der Waals surface area contributed by atoms with Crippen LogP contribution in [-0.4, -0.2) is 0 Å². The number of hydrogen-bond acceptors (Lipinski definition) is 1. The fourth-order valence-corrected chi connectivity index (χ4v) is 2.29. The first-order valence-corrected chi connectivity index (χ1v) is 6.75. The van der Waals surface area contributed by atoms with Crippen molar-refractivity contribution >= 4 is 21.6 Å². The third-order valence-corrected chi connectivity index (χ3v) is 3.92. The molecule has 100 valence electrons. The second kappa shape index (κ2) is 5.70. The van der Waals surface area contributed by atoms with Gasteiger partial charge in [-0.3, -0.25) is 0 Å². The van der Waals surface area contributed by atoms with Gasteiger partial charge in [0.2, 0.25) is 0 Å². The lowest BCUT2D eigenvalue weighted by molar-refractivity contribution is 0.577. The molecule has 0 aliphatic heterocycles. The molecule has 0 amide bonds. The monoisotopic (exact) mass is 325 g/mol. The summed E-state index contributed by atoms with van der Waals surface area (Å²) in [6, 6.07) is 8.92. The molecule has 0 heterocycles. The zero-order valence-electron chi connectivity index (χ0n) is 10.7. The Morgan fingerprint density at radius 1 is 1.16 bits per heavy atom. The topological polar surface area (TPSA) is 12.0 Å². The minimum absolute atomic E-state index is 0.316. The molecule has 0 aliphatic carbocycles. The quantitative estimate of drug-likeness (QED) is 0.816. The maximum absolute atomic E-state index is 13.7. The van der Waals surface area contributed by atoms with E-state index < -0.39 is 11.6 Å². The van der Waals surface area contributed by atoms with Gasteiger partial charge in [0.15, 0.2) is 0 Å². The van der Waals surface area contributed by atoms with Crippen LogP contribution in [0.2, 0.25) is 0 Å². The highest BCUT2D eigenvalue weighted by Crippen LogP contribution is 2.28. The van der Waals surface area contributed by atoms with Crippen molar-refractivity contribution < 1.29 is 8.78 Å². The van der Waals surface area contributed by atoms with E-state index in [4.69, 9.17) is 0 Å². The molecule has 0 saturated carbocycles. The Bertz CT molecular complexity index is 599. The second-order valence-electron chi connectivity index (χ2n) is 4.44. The normalized spacial score (nSPS) is 12.3. The average molecular weight is 326 g/mol. The van der Waals surface area contributed by atoms with Crippen molar-refractivity contribution in [1.82, 2.24) is 0 Å². The molecule has 0 aromatic heterocycles. The Labute approximate surface area is 119 Å². The molecule has 2 rings (SSSR count). The maximum atomic E-state index is 13.7. The minimum Gasteiger partial charge on any atom is -0.378 e. The van der Waals surface area contributed by atoms with Crippen LogP contribution in [0.1, 0.15) is 24.1 Å². The lowest BCUT2D eigenvalue weighted by Crippen LogP contribution is -2.10. The van der Waals surface area contributed by atoms with Crippen molar-refractivity contribution in [2.75, 3.05) is 5.32 Å². The molecule has 0 radical (unpaired) electrons. The van der Waals surface area contributed by atoms with E-state index in [0.29, 0.717) is 5.56 Å². The Kier molecular flexibility index (Phi) is 4.20. The molecule has 1 atom stereocenters. The van der Waals surface area contributed by atoms with Gasteiger partial charge in [-0.05, 0) is 49.7 Å². The first-order chi connectivity index (χ1) is 8.99. The van der Waals surface area contributed by atoms with Crippen molar-refractivity contribution in [3.8, 4) is 0 Å². The van der Waals surface area contributed by atoms with Crippen LogP contribution in [0, 0.1) is 18.6 Å². The van der Waals surface area contributed by atoms with Gasteiger partial charge < -0.3 is 5.32 Å². The zero-order chi connectivity index (χ0) is 14.0. The third-order valence-electron chi connectivity index (χ3n) is 3.06. The SMILES string of the molecule is Cc1c(Br)cccc1NC(C)c1cc(F)ccc1F. The minimum atomic E-state index is -0.434. The highest BCUT2D eigenvalue weighted by molar-refractivity contribution is 9.10. The summed E-state index contributed by atoms with van der Waals surface area (Å²) in [7, 11) is 0. The number of halogens is 3. The van der Waals surface area contributed by atoms with Crippen LogP contribution in [0.5, 0.6) is 0 Å². The van der Waals surface area contributed by atoms with Crippen molar-refractivity contribution in [3.05, 3.63) is 63.6 Å². The van der Waals surface area contributed by atoms with Gasteiger partial charge in [-0.25, -0.2) is 8.78 Å². The fourth-order valence-electron chi connectivity index (χ4n) is 1.92. The van der Waals surface area contributed by atoms with E-state index in [2.05, 4.69) is 21.2 Å². The van der Waals surface area contributed by atoms with Crippen LogP contribution in [0.3, 0.4) is 0 Å². The van der Waals surface area contributed by atoms with Gasteiger partial charge in [0.25, 0.3) is 0 Å². The predicted octanol–water partition coefficient (Wildman–Crippen LogP) is 5.21. The number of anilines is 1. The molecule has 2 aromatic rings. The summed E-state index contributed by atoms with van der Waals surface area (Å²) in [5, 5.41) is 3.20. The van der Waals surface area contributed by atoms with E-state index in [1.165, 1.54) is 6.07 Å². The van der Waals surface area contributed by atoms with Crippen LogP contribution < -0.4 is 5.32 Å². The largest absolute Gasteiger partial charge is 0.378 e. The molecule has 0 saturated heterocycles. The standard InChI is InChI=1S/C15H14BrF2N/c1-9-13(16)4-3-5-15(9)19-10(2)12-8-11(17)6-7-14(12)18/h3-8,10,19H,1-2H3. The first-order valence-electron chi connectivity index (χ1n) is 5.95. The number of hydrogen-bond donors (Lipinski definition) is 1. The van der Waals surface area contributed by atoms with Gasteiger partial charge in [-0.1, -0.05) is 22.0 Å². The number of rotatable bonds is 3. The van der Waals surface area contributed by atoms with Gasteiger partial charge in [-0.2, -0.15) is 0 Å². The Hall–Kier alpha value is -1.42. The number of benzene rings is 2. The van der Waals surface area contributed by atoms with Crippen LogP contribution >= 0.6 is 15.9 Å². The van der Waals surface area contributed by atoms with Crippen LogP contribution in [0.4, 0.5) is 14.5 Å². The summed E-state index contributed by atoms with van der Waals surface area (Å²) in [5.74, 6) is -0.843. The van der Waals surface area contributed by atoms with Crippen LogP contribution in [0.15, 0.2) is 40.9 Å². The van der Waals surface area contributed by atoms with Gasteiger partial charge in [0, 0.05) is 15.7 Å². The van der Waals surface area contributed by atoms with E-state index in [0.717, 1.165) is 27.9 Å². The summed E-state index contributed by atoms with van der Waals surface area (Å²) in [4.78, 5) is 0. The van der Waals surface area contributed by atoms with Gasteiger partial charge in [0.1, 0.15) is 11.6 Å². The molecule has 0 bridgehead atoms. The Morgan fingerprint density at radius 3 is 2.63 bits per heavy atom. The highest BCUT2D eigenvalue weighted by Gasteiger charge is 2.13. The van der Waals surface area contributed by atoms with E-state index in [1.54, 1.807) is 6.92 Å². The highest BCUT2D eigenvalue weighted by atomic mass is 79.9. The Balaban J connectivity index is 2.28. The maximum Gasteiger partial charge on any atom is 0.128 e. The Morgan fingerprint density at radius 2 is 1.89 bits per heavy atom. The summed E-state index contributed by atoms with van der Waals surface area (Å²) in [6.45, 7) is 3.76. The van der Waals surface area contributed by atoms with Crippen molar-refractivity contribution in [3.63, 3.8) is 0 Å². The predicted molar refractivity (Wildman–Crippen MR) is 77.3 cm³/mol. The lowest BCUT2D eigenvalue weighted by Gasteiger charge is -2.18. The molecule has 1 unspecified atom stereocenters. The fraction of sp³-hybridized carbons (Fsp3) is 0.200. The van der Waals surface area contributed by atoms with Crippen molar-refractivity contribution in [1.29, 1.82) is 0 Å². The molecule has 2 aromatic carbocycles. The molecule has 0 aliphatic rings. The summed E-state index contributed by atoms with van der Waals surface area (Å²) < 4.78 is 27.9. The number of nitrogens with one attached hydrogen (secondary N) is 1. The third kappa shape index (κ3) is 3.13. The van der Waals surface area contributed by atoms with E-state index in [1.807, 2.05) is 25.1 Å². The molecule has 1 N–H and O–H groups in total. The van der Waals surface area contributed by atoms with E-state index >= 15 is 0 Å². The first kappa shape index (κ1) is 14.0.